The smallest absolute Gasteiger partial charge is 0.507 e. The molecule has 0 aliphatic rings. The van der Waals surface area contributed by atoms with Crippen molar-refractivity contribution >= 4 is 19.1 Å². The molecule has 1 aromatic carbocycles. The highest BCUT2D eigenvalue weighted by atomic mass is 16.7. The summed E-state index contributed by atoms with van der Waals surface area (Å²) in [6.45, 7) is 3.94. The van der Waals surface area contributed by atoms with Gasteiger partial charge in [0.1, 0.15) is 0 Å². The predicted octanol–water partition coefficient (Wildman–Crippen LogP) is 0.174. The lowest BCUT2D eigenvalue weighted by atomic mass is 9.79. The van der Waals surface area contributed by atoms with Gasteiger partial charge in [0.2, 0.25) is 0 Å². The number of benzene rings is 1. The third-order valence-corrected chi connectivity index (χ3v) is 1.93. The van der Waals surface area contributed by atoms with Crippen LogP contribution in [0.1, 0.15) is 5.56 Å². The molecule has 0 atom stereocenters. The lowest BCUT2D eigenvalue weighted by Crippen LogP contribution is -2.38. The zero-order chi connectivity index (χ0) is 11.1. The minimum Gasteiger partial charge on any atom is -0.507 e. The van der Waals surface area contributed by atoms with E-state index in [4.69, 9.17) is 5.90 Å². The van der Waals surface area contributed by atoms with E-state index in [2.05, 4.69) is 16.0 Å². The van der Waals surface area contributed by atoms with Crippen LogP contribution in [0, 0.1) is 0 Å². The minimum atomic E-state index is -0.847. The number of hydrogen-bond acceptors (Lipinski definition) is 4. The summed E-state index contributed by atoms with van der Waals surface area (Å²) in [7, 11) is -0.847. The number of nitrogens with two attached hydrogens (primary N) is 1. The molecule has 1 aromatic rings. The highest BCUT2D eigenvalue weighted by Crippen LogP contribution is 1.99. The largest absolute Gasteiger partial charge is 0.581 e. The fourth-order valence-electron chi connectivity index (χ4n) is 1.22. The highest BCUT2D eigenvalue weighted by molar-refractivity contribution is 6.62. The third kappa shape index (κ3) is 3.23. The number of hydrogen-bond donors (Lipinski definition) is 1. The molecule has 0 amide bonds. The molecule has 2 N–H and O–H groups in total. The molecule has 0 radical (unpaired) electrons. The molecule has 0 spiro atoms. The Bertz CT molecular complexity index is 326. The number of carbonyl (C=O) groups is 1. The SMILES string of the molecule is C=CCc1ccc(B(ON)OC=O)cc1. The Balaban J connectivity index is 2.76. The van der Waals surface area contributed by atoms with Gasteiger partial charge in [0.25, 0.3) is 6.47 Å². The maximum Gasteiger partial charge on any atom is 0.581 e. The van der Waals surface area contributed by atoms with Crippen LogP contribution in [0.5, 0.6) is 0 Å². The van der Waals surface area contributed by atoms with Crippen molar-refractivity contribution in [3.05, 3.63) is 42.5 Å². The lowest BCUT2D eigenvalue weighted by Gasteiger charge is -2.07. The molecule has 1 rings (SSSR count). The Kier molecular flexibility index (Phi) is 4.60. The van der Waals surface area contributed by atoms with Crippen molar-refractivity contribution < 1.29 is 14.2 Å². The molecule has 0 saturated heterocycles. The van der Waals surface area contributed by atoms with Crippen LogP contribution in [0.15, 0.2) is 36.9 Å². The average molecular weight is 205 g/mol. The Morgan fingerprint density at radius 3 is 2.53 bits per heavy atom. The van der Waals surface area contributed by atoms with E-state index in [1.807, 2.05) is 18.2 Å². The van der Waals surface area contributed by atoms with E-state index in [1.165, 1.54) is 0 Å². The summed E-state index contributed by atoms with van der Waals surface area (Å²) >= 11 is 0. The molecule has 0 aromatic heterocycles. The van der Waals surface area contributed by atoms with Gasteiger partial charge < -0.3 is 9.41 Å². The van der Waals surface area contributed by atoms with Gasteiger partial charge in [-0.1, -0.05) is 30.3 Å². The second-order valence-electron chi connectivity index (χ2n) is 2.93. The van der Waals surface area contributed by atoms with Crippen molar-refractivity contribution in [3.63, 3.8) is 0 Å². The normalized spacial score (nSPS) is 9.40. The molecule has 78 valence electrons. The lowest BCUT2D eigenvalue weighted by molar-refractivity contribution is -0.121. The molecule has 5 heteroatoms. The summed E-state index contributed by atoms with van der Waals surface area (Å²) in [5.74, 6) is 4.99. The Labute approximate surface area is 88.8 Å². The van der Waals surface area contributed by atoms with Crippen LogP contribution in [0.25, 0.3) is 0 Å². The second-order valence-corrected chi connectivity index (χ2v) is 2.93. The fraction of sp³-hybridized carbons (Fsp3) is 0.100. The van der Waals surface area contributed by atoms with Crippen LogP contribution >= 0.6 is 0 Å². The van der Waals surface area contributed by atoms with Crippen molar-refractivity contribution in [1.82, 2.24) is 0 Å². The number of rotatable bonds is 6. The van der Waals surface area contributed by atoms with E-state index < -0.39 is 7.12 Å². The van der Waals surface area contributed by atoms with Gasteiger partial charge in [-0.25, -0.2) is 5.90 Å². The quantitative estimate of drug-likeness (QED) is 0.311. The van der Waals surface area contributed by atoms with Gasteiger partial charge in [-0.2, -0.15) is 0 Å². The Morgan fingerprint density at radius 2 is 2.07 bits per heavy atom. The number of carbonyl (C=O) groups excluding carboxylic acids is 1. The first-order valence-corrected chi connectivity index (χ1v) is 4.46. The molecule has 0 fully saturated rings. The molecule has 0 heterocycles. The molecule has 0 saturated carbocycles. The summed E-state index contributed by atoms with van der Waals surface area (Å²) in [5.41, 5.74) is 1.81. The second kappa shape index (κ2) is 6.00. The summed E-state index contributed by atoms with van der Waals surface area (Å²) in [5, 5.41) is 0. The maximum atomic E-state index is 10.1. The van der Waals surface area contributed by atoms with Crippen molar-refractivity contribution in [1.29, 1.82) is 0 Å². The zero-order valence-corrected chi connectivity index (χ0v) is 8.26. The van der Waals surface area contributed by atoms with Gasteiger partial charge in [-0.3, -0.25) is 4.79 Å². The van der Waals surface area contributed by atoms with Gasteiger partial charge >= 0.3 is 7.12 Å². The summed E-state index contributed by atoms with van der Waals surface area (Å²) in [4.78, 5) is 10.1. The first-order valence-electron chi connectivity index (χ1n) is 4.46. The minimum absolute atomic E-state index is 0.301. The van der Waals surface area contributed by atoms with Crippen molar-refractivity contribution in [3.8, 4) is 0 Å². The van der Waals surface area contributed by atoms with E-state index in [0.29, 0.717) is 11.9 Å². The van der Waals surface area contributed by atoms with Gasteiger partial charge in [0.15, 0.2) is 0 Å². The molecule has 0 bridgehead atoms. The van der Waals surface area contributed by atoms with Gasteiger partial charge in [0, 0.05) is 0 Å². The van der Waals surface area contributed by atoms with Crippen LogP contribution in [-0.2, 0) is 20.6 Å². The Hall–Kier alpha value is -1.59. The van der Waals surface area contributed by atoms with Crippen LogP contribution < -0.4 is 11.4 Å². The van der Waals surface area contributed by atoms with E-state index >= 15 is 0 Å². The zero-order valence-electron chi connectivity index (χ0n) is 8.26. The molecule has 0 aliphatic carbocycles. The van der Waals surface area contributed by atoms with Crippen LogP contribution in [0.4, 0.5) is 0 Å². The van der Waals surface area contributed by atoms with Crippen molar-refractivity contribution in [2.45, 2.75) is 6.42 Å². The maximum absolute atomic E-state index is 10.1. The molecule has 0 unspecified atom stereocenters. The number of allylic oxidation sites excluding steroid dienone is 1. The van der Waals surface area contributed by atoms with E-state index in [0.717, 1.165) is 12.0 Å². The van der Waals surface area contributed by atoms with Gasteiger partial charge in [-0.05, 0) is 17.4 Å². The topological polar surface area (TPSA) is 61.6 Å². The third-order valence-electron chi connectivity index (χ3n) is 1.93. The average Bonchev–Trinajstić information content (AvgIpc) is 2.28. The molecule has 0 aliphatic heterocycles. The summed E-state index contributed by atoms with van der Waals surface area (Å²) in [6, 6.07) is 7.38. The first kappa shape index (κ1) is 11.5. The Morgan fingerprint density at radius 1 is 1.40 bits per heavy atom. The highest BCUT2D eigenvalue weighted by Gasteiger charge is 2.21. The summed E-state index contributed by atoms with van der Waals surface area (Å²) < 4.78 is 9.13. The van der Waals surface area contributed by atoms with Gasteiger partial charge in [0.05, 0.1) is 0 Å². The fourth-order valence-corrected chi connectivity index (χ4v) is 1.22. The van der Waals surface area contributed by atoms with Gasteiger partial charge in [-0.15, -0.1) is 6.58 Å². The van der Waals surface area contributed by atoms with Crippen molar-refractivity contribution in [2.75, 3.05) is 0 Å². The summed E-state index contributed by atoms with van der Waals surface area (Å²) in [6.07, 6.45) is 2.61. The molecular formula is C10H12BNO3. The monoisotopic (exact) mass is 205 g/mol. The van der Waals surface area contributed by atoms with E-state index in [9.17, 15) is 4.79 Å². The molecular weight excluding hydrogens is 193 g/mol. The van der Waals surface area contributed by atoms with E-state index in [-0.39, 0.29) is 0 Å². The molecule has 15 heavy (non-hydrogen) atoms. The molecule has 4 nitrogen and oxygen atoms in total. The first-order chi connectivity index (χ1) is 7.31. The standard InChI is InChI=1S/C10H12BNO3/c1-2-3-9-4-6-10(7-5-9)11(15-12)14-8-13/h2,4-8H,1,3,12H2. The van der Waals surface area contributed by atoms with Crippen LogP contribution in [0.3, 0.4) is 0 Å². The predicted molar refractivity (Wildman–Crippen MR) is 58.2 cm³/mol. The van der Waals surface area contributed by atoms with Crippen LogP contribution in [-0.4, -0.2) is 13.6 Å². The van der Waals surface area contributed by atoms with Crippen molar-refractivity contribution in [2.24, 2.45) is 5.90 Å². The van der Waals surface area contributed by atoms with E-state index in [1.54, 1.807) is 12.1 Å². The van der Waals surface area contributed by atoms with Crippen LogP contribution in [0.2, 0.25) is 0 Å².